The molecule has 4 heteroatoms. The second-order valence-electron chi connectivity index (χ2n) is 5.68. The molecule has 1 atom stereocenters. The maximum atomic E-state index is 8.71. The van der Waals surface area contributed by atoms with Crippen LogP contribution < -0.4 is 0 Å². The molecule has 1 aliphatic rings. The molecule has 3 nitrogen and oxygen atoms in total. The summed E-state index contributed by atoms with van der Waals surface area (Å²) >= 11 is 1.76. The van der Waals surface area contributed by atoms with E-state index in [0.717, 1.165) is 31.7 Å². The molecule has 0 unspecified atom stereocenters. The van der Waals surface area contributed by atoms with Crippen molar-refractivity contribution in [3.63, 3.8) is 0 Å². The fourth-order valence-electron chi connectivity index (χ4n) is 2.85. The maximum Gasteiger partial charge on any atom is 0.104 e. The summed E-state index contributed by atoms with van der Waals surface area (Å²) in [4.78, 5) is 6.46. The minimum absolute atomic E-state index is 0.0696. The molecule has 0 saturated carbocycles. The first kappa shape index (κ1) is 15.5. The Morgan fingerprint density at radius 1 is 1.45 bits per heavy atom. The normalized spacial score (nSPS) is 20.9. The number of nitrogens with zero attached hydrogens (tertiary/aromatic N) is 2. The molecule has 1 fully saturated rings. The van der Waals surface area contributed by atoms with Gasteiger partial charge in [-0.3, -0.25) is 9.80 Å². The highest BCUT2D eigenvalue weighted by Gasteiger charge is 2.25. The zero-order valence-electron chi connectivity index (χ0n) is 12.6. The van der Waals surface area contributed by atoms with Crippen LogP contribution in [-0.2, 0) is 6.54 Å². The first-order valence-corrected chi connectivity index (χ1v) is 8.13. The van der Waals surface area contributed by atoms with Gasteiger partial charge in [0.1, 0.15) is 6.61 Å². The summed E-state index contributed by atoms with van der Waals surface area (Å²) in [5.41, 5.74) is 1.02. The molecule has 0 aliphatic carbocycles. The Balaban J connectivity index is 1.90. The Morgan fingerprint density at radius 3 is 2.90 bits per heavy atom. The number of hydrogen-bond donors (Lipinski definition) is 1. The molecule has 0 bridgehead atoms. The van der Waals surface area contributed by atoms with Crippen molar-refractivity contribution in [2.75, 3.05) is 26.2 Å². The largest absolute Gasteiger partial charge is 0.384 e. The molecule has 1 N–H and O–H groups in total. The smallest absolute Gasteiger partial charge is 0.104 e. The second kappa shape index (κ2) is 7.24. The third kappa shape index (κ3) is 4.07. The van der Waals surface area contributed by atoms with Gasteiger partial charge in [0.05, 0.1) is 0 Å². The van der Waals surface area contributed by atoms with Crippen molar-refractivity contribution in [2.45, 2.75) is 39.4 Å². The molecule has 0 spiro atoms. The van der Waals surface area contributed by atoms with Crippen LogP contribution in [0.3, 0.4) is 0 Å². The Bertz CT molecular complexity index is 486. The van der Waals surface area contributed by atoms with E-state index in [2.05, 4.69) is 53.9 Å². The molecule has 110 valence electrons. The molecule has 2 heterocycles. The van der Waals surface area contributed by atoms with E-state index in [-0.39, 0.29) is 6.61 Å². The lowest BCUT2D eigenvalue weighted by Crippen LogP contribution is -2.53. The van der Waals surface area contributed by atoms with Crippen LogP contribution in [0.15, 0.2) is 11.4 Å². The van der Waals surface area contributed by atoms with Crippen molar-refractivity contribution in [2.24, 2.45) is 0 Å². The summed E-state index contributed by atoms with van der Waals surface area (Å²) in [7, 11) is 0. The van der Waals surface area contributed by atoms with Gasteiger partial charge in [0.2, 0.25) is 0 Å². The fourth-order valence-corrected chi connectivity index (χ4v) is 3.71. The average Bonchev–Trinajstić information content (AvgIpc) is 2.83. The summed E-state index contributed by atoms with van der Waals surface area (Å²) in [6, 6.07) is 3.40. The highest BCUT2D eigenvalue weighted by atomic mass is 32.1. The van der Waals surface area contributed by atoms with Gasteiger partial charge in [-0.15, -0.1) is 11.3 Å². The van der Waals surface area contributed by atoms with Gasteiger partial charge in [-0.05, 0) is 26.8 Å². The molecule has 0 aromatic carbocycles. The molecule has 20 heavy (non-hydrogen) atoms. The molecule has 1 aliphatic heterocycles. The number of piperazine rings is 1. The summed E-state index contributed by atoms with van der Waals surface area (Å²) in [6.45, 7) is 11.2. The van der Waals surface area contributed by atoms with Gasteiger partial charge in [-0.2, -0.15) is 0 Å². The van der Waals surface area contributed by atoms with E-state index in [1.807, 2.05) is 0 Å². The third-order valence-electron chi connectivity index (χ3n) is 3.77. The van der Waals surface area contributed by atoms with Crippen LogP contribution in [0, 0.1) is 11.8 Å². The number of thiophene rings is 1. The number of aliphatic hydroxyl groups excluding tert-OH is 1. The van der Waals surface area contributed by atoms with Gasteiger partial charge in [-0.25, -0.2) is 0 Å². The van der Waals surface area contributed by atoms with Crippen LogP contribution in [0.1, 0.15) is 31.2 Å². The Morgan fingerprint density at radius 2 is 2.25 bits per heavy atom. The Kier molecular flexibility index (Phi) is 5.62. The minimum atomic E-state index is -0.0696. The quantitative estimate of drug-likeness (QED) is 0.863. The van der Waals surface area contributed by atoms with Crippen LogP contribution in [0.5, 0.6) is 0 Å². The summed E-state index contributed by atoms with van der Waals surface area (Å²) < 4.78 is 0. The fraction of sp³-hybridized carbons (Fsp3) is 0.625. The van der Waals surface area contributed by atoms with Crippen LogP contribution in [-0.4, -0.2) is 53.2 Å². The van der Waals surface area contributed by atoms with Crippen molar-refractivity contribution < 1.29 is 5.11 Å². The SMILES string of the molecule is CC(C)N1CCN(Cc2cc(C#CCO)cs2)C[C@@H]1C. The van der Waals surface area contributed by atoms with Gasteiger partial charge < -0.3 is 5.11 Å². The highest BCUT2D eigenvalue weighted by Crippen LogP contribution is 2.19. The van der Waals surface area contributed by atoms with E-state index in [9.17, 15) is 0 Å². The molecule has 1 aromatic rings. The Hall–Kier alpha value is -0.860. The topological polar surface area (TPSA) is 26.7 Å². The van der Waals surface area contributed by atoms with Gasteiger partial charge in [0.25, 0.3) is 0 Å². The minimum Gasteiger partial charge on any atom is -0.384 e. The molecule has 1 saturated heterocycles. The molecule has 0 amide bonds. The van der Waals surface area contributed by atoms with Crippen molar-refractivity contribution in [3.05, 3.63) is 21.9 Å². The highest BCUT2D eigenvalue weighted by molar-refractivity contribution is 7.10. The van der Waals surface area contributed by atoms with Crippen LogP contribution in [0.2, 0.25) is 0 Å². The van der Waals surface area contributed by atoms with E-state index in [1.54, 1.807) is 11.3 Å². The van der Waals surface area contributed by atoms with Crippen molar-refractivity contribution in [1.29, 1.82) is 0 Å². The van der Waals surface area contributed by atoms with E-state index >= 15 is 0 Å². The van der Waals surface area contributed by atoms with Crippen LogP contribution in [0.4, 0.5) is 0 Å². The van der Waals surface area contributed by atoms with Crippen molar-refractivity contribution >= 4 is 11.3 Å². The van der Waals surface area contributed by atoms with Crippen LogP contribution >= 0.6 is 11.3 Å². The molecule has 0 radical (unpaired) electrons. The summed E-state index contributed by atoms with van der Waals surface area (Å²) in [6.07, 6.45) is 0. The van der Waals surface area contributed by atoms with Crippen molar-refractivity contribution in [1.82, 2.24) is 9.80 Å². The zero-order chi connectivity index (χ0) is 14.5. The van der Waals surface area contributed by atoms with Gasteiger partial charge in [0, 0.05) is 54.1 Å². The van der Waals surface area contributed by atoms with Gasteiger partial charge in [-0.1, -0.05) is 11.8 Å². The lowest BCUT2D eigenvalue weighted by molar-refractivity contribution is 0.0569. The molecule has 1 aromatic heterocycles. The van der Waals surface area contributed by atoms with E-state index in [0.29, 0.717) is 12.1 Å². The first-order chi connectivity index (χ1) is 9.60. The maximum absolute atomic E-state index is 8.71. The number of aliphatic hydroxyl groups is 1. The summed E-state index contributed by atoms with van der Waals surface area (Å²) in [5.74, 6) is 5.67. The average molecular weight is 292 g/mol. The Labute approximate surface area is 126 Å². The van der Waals surface area contributed by atoms with E-state index < -0.39 is 0 Å². The molecule has 2 rings (SSSR count). The lowest BCUT2D eigenvalue weighted by atomic mass is 10.1. The lowest BCUT2D eigenvalue weighted by Gasteiger charge is -2.42. The third-order valence-corrected chi connectivity index (χ3v) is 4.69. The molecular weight excluding hydrogens is 268 g/mol. The predicted octanol–water partition coefficient (Wildman–Crippen LogP) is 2.01. The number of hydrogen-bond acceptors (Lipinski definition) is 4. The molecular formula is C16H24N2OS. The second-order valence-corrected chi connectivity index (χ2v) is 6.67. The van der Waals surface area contributed by atoms with E-state index in [4.69, 9.17) is 5.11 Å². The standard InChI is InChI=1S/C16H24N2OS/c1-13(2)18-7-6-17(10-14(18)3)11-16-9-15(12-20-16)5-4-8-19/h9,12-14,19H,6-8,10-11H2,1-3H3/t14-/m0/s1. The monoisotopic (exact) mass is 292 g/mol. The summed E-state index contributed by atoms with van der Waals surface area (Å²) in [5, 5.41) is 10.8. The van der Waals surface area contributed by atoms with E-state index in [1.165, 1.54) is 4.88 Å². The first-order valence-electron chi connectivity index (χ1n) is 7.25. The van der Waals surface area contributed by atoms with Crippen molar-refractivity contribution in [3.8, 4) is 11.8 Å². The van der Waals surface area contributed by atoms with Gasteiger partial charge >= 0.3 is 0 Å². The zero-order valence-corrected chi connectivity index (χ0v) is 13.4. The van der Waals surface area contributed by atoms with Gasteiger partial charge in [0.15, 0.2) is 0 Å². The predicted molar refractivity (Wildman–Crippen MR) is 84.9 cm³/mol. The number of rotatable bonds is 3. The van der Waals surface area contributed by atoms with Crippen LogP contribution in [0.25, 0.3) is 0 Å².